The van der Waals surface area contributed by atoms with Gasteiger partial charge in [-0.25, -0.2) is 0 Å². The summed E-state index contributed by atoms with van der Waals surface area (Å²) in [6.07, 6.45) is 0. The van der Waals surface area contributed by atoms with Gasteiger partial charge in [0.2, 0.25) is 0 Å². The quantitative estimate of drug-likeness (QED) is 0.195. The first-order valence-electron chi connectivity index (χ1n) is 15.4. The van der Waals surface area contributed by atoms with Crippen molar-refractivity contribution in [1.29, 1.82) is 0 Å². The lowest BCUT2D eigenvalue weighted by Crippen LogP contribution is -2.25. The average Bonchev–Trinajstić information content (AvgIpc) is 2.95. The van der Waals surface area contributed by atoms with E-state index in [9.17, 15) is 14.4 Å². The monoisotopic (exact) mass is 801 g/mol. The van der Waals surface area contributed by atoms with E-state index in [2.05, 4.69) is 89.3 Å². The molecule has 9 heteroatoms. The predicted molar refractivity (Wildman–Crippen MR) is 200 cm³/mol. The largest absolute Gasteiger partial charge is 0.308 e. The third kappa shape index (κ3) is 7.41. The minimum Gasteiger partial charge on any atom is -0.308 e. The minimum absolute atomic E-state index is 0.156. The Hall–Kier alpha value is -2.49. The predicted octanol–water partition coefficient (Wildman–Crippen LogP) is 9.50. The summed E-state index contributed by atoms with van der Waals surface area (Å²) in [6.45, 7) is 19.8. The average molecular weight is 804 g/mol. The van der Waals surface area contributed by atoms with Crippen LogP contribution in [0.25, 0.3) is 32.7 Å². The molecular weight excluding hydrogens is 762 g/mol. The summed E-state index contributed by atoms with van der Waals surface area (Å²) in [4.78, 5) is 43.0. The van der Waals surface area contributed by atoms with Crippen LogP contribution in [0.4, 0.5) is 0 Å². The van der Waals surface area contributed by atoms with Gasteiger partial charge in [-0.15, -0.1) is 0 Å². The summed E-state index contributed by atoms with van der Waals surface area (Å²) in [5.74, 6) is 0.570. The Morgan fingerprint density at radius 2 is 0.689 bits per heavy atom. The molecule has 0 atom stereocenters. The molecule has 3 aromatic carbocycles. The van der Waals surface area contributed by atoms with E-state index >= 15 is 0 Å². The molecule has 0 unspecified atom stereocenters. The molecule has 9 aromatic rings. The summed E-state index contributed by atoms with van der Waals surface area (Å²) in [6, 6.07) is 11.3. The molecule has 0 saturated heterocycles. The van der Waals surface area contributed by atoms with Gasteiger partial charge in [0.25, 0.3) is 16.7 Å². The molecule has 0 aliphatic carbocycles. The van der Waals surface area contributed by atoms with E-state index in [-0.39, 0.29) is 34.4 Å². The highest BCUT2D eigenvalue weighted by Crippen LogP contribution is 2.26. The molecule has 0 aliphatic heterocycles. The number of aryl methyl sites for hydroxylation is 3. The number of halogens is 3. The van der Waals surface area contributed by atoms with Gasteiger partial charge >= 0.3 is 0 Å². The fraction of sp³-hybridized carbons (Fsp3) is 0.417. The van der Waals surface area contributed by atoms with Crippen LogP contribution in [-0.4, -0.2) is 13.7 Å². The van der Waals surface area contributed by atoms with Crippen LogP contribution in [0.1, 0.15) is 58.2 Å². The lowest BCUT2D eigenvalue weighted by molar-refractivity contribution is 0.523. The van der Waals surface area contributed by atoms with E-state index in [1.165, 1.54) is 0 Å². The molecule has 240 valence electrons. The van der Waals surface area contributed by atoms with Crippen molar-refractivity contribution < 1.29 is 0 Å². The second kappa shape index (κ2) is 14.1. The second-order valence-corrected chi connectivity index (χ2v) is 15.8. The van der Waals surface area contributed by atoms with Gasteiger partial charge in [-0.3, -0.25) is 14.4 Å². The smallest absolute Gasteiger partial charge is 0.259 e. The number of hydrogen-bond donors (Lipinski definition) is 0. The molecule has 0 radical (unpaired) electrons. The van der Waals surface area contributed by atoms with Crippen LogP contribution in [0.5, 0.6) is 0 Å². The summed E-state index contributed by atoms with van der Waals surface area (Å²) in [7, 11) is 0. The number of aromatic nitrogens is 3. The molecule has 0 spiro atoms. The Balaban J connectivity index is 2.47. The fourth-order valence-corrected chi connectivity index (χ4v) is 7.28. The van der Waals surface area contributed by atoms with Crippen molar-refractivity contribution in [3.8, 4) is 0 Å². The lowest BCUT2D eigenvalue weighted by Gasteiger charge is -2.16. The molecule has 6 heterocycles. The van der Waals surface area contributed by atoms with Crippen molar-refractivity contribution in [2.75, 3.05) is 0 Å². The van der Waals surface area contributed by atoms with Gasteiger partial charge in [-0.1, -0.05) is 41.5 Å². The molecule has 0 N–H and O–H groups in total. The molecule has 9 rings (SSSR count). The SMILES string of the molecule is Cc1cc2c(Br)cc1n(CC(C)C)c(=O)c1cc(C)c(cc1Br)n(CC(C)C)c(=O)c1cc(C)c(cc1Br)n(CC(C)C)c2=O. The van der Waals surface area contributed by atoms with Crippen molar-refractivity contribution in [3.63, 3.8) is 0 Å². The van der Waals surface area contributed by atoms with E-state index in [4.69, 9.17) is 0 Å². The first kappa shape index (κ1) is 35.4. The van der Waals surface area contributed by atoms with Gasteiger partial charge < -0.3 is 13.7 Å². The summed E-state index contributed by atoms with van der Waals surface area (Å²) in [5.41, 5.74) is 4.23. The van der Waals surface area contributed by atoms with E-state index in [0.29, 0.717) is 49.2 Å². The van der Waals surface area contributed by atoms with Crippen molar-refractivity contribution >= 4 is 80.5 Å². The van der Waals surface area contributed by atoms with Crippen molar-refractivity contribution in [2.24, 2.45) is 17.8 Å². The highest BCUT2D eigenvalue weighted by atomic mass is 79.9. The van der Waals surface area contributed by atoms with Crippen LogP contribution in [0, 0.1) is 38.5 Å². The third-order valence-electron chi connectivity index (χ3n) is 7.80. The zero-order valence-electron chi connectivity index (χ0n) is 27.5. The first-order valence-corrected chi connectivity index (χ1v) is 17.8. The zero-order chi connectivity index (χ0) is 33.5. The maximum atomic E-state index is 14.3. The topological polar surface area (TPSA) is 66.0 Å². The van der Waals surface area contributed by atoms with Crippen molar-refractivity contribution in [3.05, 3.63) is 97.6 Å². The Kier molecular flexibility index (Phi) is 11.1. The first-order chi connectivity index (χ1) is 21.0. The Morgan fingerprint density at radius 3 is 0.889 bits per heavy atom. The maximum Gasteiger partial charge on any atom is 0.259 e. The third-order valence-corrected chi connectivity index (χ3v) is 9.77. The van der Waals surface area contributed by atoms with Crippen LogP contribution < -0.4 is 16.7 Å². The molecule has 0 aliphatic rings. The highest BCUT2D eigenvalue weighted by Gasteiger charge is 2.15. The second-order valence-electron chi connectivity index (χ2n) is 13.3. The highest BCUT2D eigenvalue weighted by molar-refractivity contribution is 9.11. The normalized spacial score (nSPS) is 11.8. The molecule has 6 aromatic heterocycles. The molecule has 0 fully saturated rings. The van der Waals surface area contributed by atoms with Gasteiger partial charge in [0.05, 0.1) is 16.2 Å². The number of nitrogens with zero attached hydrogens (tertiary/aromatic N) is 3. The summed E-state index contributed by atoms with van der Waals surface area (Å²) < 4.78 is 7.23. The van der Waals surface area contributed by atoms with Crippen molar-refractivity contribution in [2.45, 2.75) is 81.9 Å². The van der Waals surface area contributed by atoms with Crippen LogP contribution in [-0.2, 0) is 19.6 Å². The lowest BCUT2D eigenvalue weighted by atomic mass is 10.1. The van der Waals surface area contributed by atoms with Crippen LogP contribution in [0.3, 0.4) is 0 Å². The molecule has 0 saturated carbocycles. The van der Waals surface area contributed by atoms with Crippen LogP contribution in [0.15, 0.2) is 64.2 Å². The van der Waals surface area contributed by atoms with E-state index in [1.807, 2.05) is 57.2 Å². The van der Waals surface area contributed by atoms with Crippen molar-refractivity contribution in [1.82, 2.24) is 13.7 Å². The standard InChI is InChI=1S/C36H42Br3N3O3/c1-19(2)16-40-31-13-28(37)26(10-22(31)7)35(44)42(18-21(5)6)33-15-30(39)27(12-24(33)9)36(45)41(17-20(3)4)32-14-29(38)25(34(40)43)11-23(32)8/h10-15,19-21H,16-18H2,1-9H3. The molecule has 45 heavy (non-hydrogen) atoms. The van der Waals surface area contributed by atoms with E-state index < -0.39 is 0 Å². The number of rotatable bonds is 6. The molecule has 6 nitrogen and oxygen atoms in total. The molecule has 6 bridgehead atoms. The Bertz CT molecular complexity index is 1860. The van der Waals surface area contributed by atoms with E-state index in [1.54, 1.807) is 13.7 Å². The van der Waals surface area contributed by atoms with Gasteiger partial charge in [-0.2, -0.15) is 0 Å². The zero-order valence-corrected chi connectivity index (χ0v) is 32.3. The minimum atomic E-state index is -0.156. The van der Waals surface area contributed by atoms with E-state index in [0.717, 1.165) is 33.2 Å². The Morgan fingerprint density at radius 1 is 0.467 bits per heavy atom. The number of benzene rings is 3. The van der Waals surface area contributed by atoms with Gasteiger partial charge in [-0.05, 0) is 139 Å². The van der Waals surface area contributed by atoms with Gasteiger partial charge in [0.1, 0.15) is 0 Å². The summed E-state index contributed by atoms with van der Waals surface area (Å²) >= 11 is 11.1. The molecular formula is C36H42Br3N3O3. The molecule has 0 amide bonds. The fourth-order valence-electron chi connectivity index (χ4n) is 5.78. The summed E-state index contributed by atoms with van der Waals surface area (Å²) in [5, 5.41) is 1.53. The maximum absolute atomic E-state index is 14.3. The Labute approximate surface area is 289 Å². The van der Waals surface area contributed by atoms with Gasteiger partial charge in [0.15, 0.2) is 0 Å². The van der Waals surface area contributed by atoms with Gasteiger partial charge in [0, 0.05) is 49.6 Å². The van der Waals surface area contributed by atoms with Crippen LogP contribution in [0.2, 0.25) is 0 Å². The van der Waals surface area contributed by atoms with Crippen LogP contribution >= 0.6 is 47.8 Å². The number of hydrogen-bond acceptors (Lipinski definition) is 3.